The number of aryl methyl sites for hydroxylation is 1. The molecule has 24 heavy (non-hydrogen) atoms. The maximum absolute atomic E-state index is 12.7. The van der Waals surface area contributed by atoms with E-state index < -0.39 is 0 Å². The Balaban J connectivity index is 1.62. The average Bonchev–Trinajstić information content (AvgIpc) is 3.05. The van der Waals surface area contributed by atoms with Crippen molar-refractivity contribution in [3.05, 3.63) is 21.4 Å². The van der Waals surface area contributed by atoms with Crippen molar-refractivity contribution in [2.75, 3.05) is 33.4 Å². The van der Waals surface area contributed by atoms with Crippen LogP contribution in [0.5, 0.6) is 0 Å². The van der Waals surface area contributed by atoms with Crippen LogP contribution in [0.25, 0.3) is 0 Å². The van der Waals surface area contributed by atoms with Crippen molar-refractivity contribution in [1.82, 2.24) is 10.2 Å². The van der Waals surface area contributed by atoms with E-state index in [1.54, 1.807) is 18.4 Å². The van der Waals surface area contributed by atoms with E-state index in [1.165, 1.54) is 16.9 Å². The summed E-state index contributed by atoms with van der Waals surface area (Å²) >= 11 is 1.63. The number of amides is 2. The highest BCUT2D eigenvalue weighted by molar-refractivity contribution is 7.14. The van der Waals surface area contributed by atoms with E-state index in [0.717, 1.165) is 50.1 Å². The second kappa shape index (κ2) is 8.12. The SMILES string of the molecule is COCCNC(=O)C1CCc2sc(C(=O)N3CCCCC3)cc2C1. The number of rotatable bonds is 5. The number of carbonyl (C=O) groups is 2. The van der Waals surface area contributed by atoms with Gasteiger partial charge in [0, 0.05) is 37.5 Å². The number of hydrogen-bond donors (Lipinski definition) is 1. The van der Waals surface area contributed by atoms with Crippen molar-refractivity contribution < 1.29 is 14.3 Å². The van der Waals surface area contributed by atoms with Crippen molar-refractivity contribution in [3.63, 3.8) is 0 Å². The highest BCUT2D eigenvalue weighted by atomic mass is 32.1. The Hall–Kier alpha value is -1.40. The van der Waals surface area contributed by atoms with Crippen molar-refractivity contribution in [3.8, 4) is 0 Å². The van der Waals surface area contributed by atoms with Gasteiger partial charge in [-0.1, -0.05) is 0 Å². The molecule has 132 valence electrons. The molecule has 2 amide bonds. The van der Waals surface area contributed by atoms with Crippen LogP contribution in [-0.4, -0.2) is 50.1 Å². The number of piperidine rings is 1. The molecule has 1 saturated heterocycles. The fraction of sp³-hybridized carbons (Fsp3) is 0.667. The minimum atomic E-state index is 0.0156. The molecule has 6 heteroatoms. The van der Waals surface area contributed by atoms with Gasteiger partial charge in [-0.3, -0.25) is 9.59 Å². The minimum Gasteiger partial charge on any atom is -0.383 e. The number of hydrogen-bond acceptors (Lipinski definition) is 4. The van der Waals surface area contributed by atoms with Crippen LogP contribution in [-0.2, 0) is 22.4 Å². The van der Waals surface area contributed by atoms with E-state index in [9.17, 15) is 9.59 Å². The summed E-state index contributed by atoms with van der Waals surface area (Å²) in [6.07, 6.45) is 5.96. The monoisotopic (exact) mass is 350 g/mol. The largest absolute Gasteiger partial charge is 0.383 e. The quantitative estimate of drug-likeness (QED) is 0.829. The first kappa shape index (κ1) is 17.4. The first-order valence-electron chi connectivity index (χ1n) is 8.86. The summed E-state index contributed by atoms with van der Waals surface area (Å²) in [5, 5.41) is 2.93. The number of nitrogens with zero attached hydrogens (tertiary/aromatic N) is 1. The molecule has 0 aromatic carbocycles. The maximum atomic E-state index is 12.7. The lowest BCUT2D eigenvalue weighted by Gasteiger charge is -2.26. The summed E-state index contributed by atoms with van der Waals surface area (Å²) in [5.41, 5.74) is 1.19. The molecule has 2 heterocycles. The predicted molar refractivity (Wildman–Crippen MR) is 94.5 cm³/mol. The molecule has 1 aliphatic heterocycles. The third kappa shape index (κ3) is 3.98. The highest BCUT2D eigenvalue weighted by Crippen LogP contribution is 2.33. The molecule has 0 bridgehead atoms. The molecule has 1 aromatic heterocycles. The summed E-state index contributed by atoms with van der Waals surface area (Å²) in [5.74, 6) is 0.296. The predicted octanol–water partition coefficient (Wildman–Crippen LogP) is 2.24. The lowest BCUT2D eigenvalue weighted by Crippen LogP contribution is -2.35. The van der Waals surface area contributed by atoms with E-state index in [4.69, 9.17) is 4.74 Å². The van der Waals surface area contributed by atoms with E-state index in [1.807, 2.05) is 11.0 Å². The number of ether oxygens (including phenoxy) is 1. The number of methoxy groups -OCH3 is 1. The van der Waals surface area contributed by atoms with E-state index in [-0.39, 0.29) is 17.7 Å². The molecular formula is C18H26N2O3S. The summed E-state index contributed by atoms with van der Waals surface area (Å²) in [4.78, 5) is 29.0. The normalized spacial score (nSPS) is 20.5. The first-order valence-corrected chi connectivity index (χ1v) is 9.68. The van der Waals surface area contributed by atoms with Crippen LogP contribution in [0.4, 0.5) is 0 Å². The maximum Gasteiger partial charge on any atom is 0.263 e. The lowest BCUT2D eigenvalue weighted by molar-refractivity contribution is -0.125. The standard InChI is InChI=1S/C18H26N2O3S/c1-23-10-7-19-17(21)13-5-6-15-14(11-13)12-16(24-15)18(22)20-8-3-2-4-9-20/h12-13H,2-11H2,1H3,(H,19,21). The van der Waals surface area contributed by atoms with Crippen molar-refractivity contribution in [2.45, 2.75) is 38.5 Å². The topological polar surface area (TPSA) is 58.6 Å². The van der Waals surface area contributed by atoms with Gasteiger partial charge in [-0.05, 0) is 50.2 Å². The zero-order chi connectivity index (χ0) is 16.9. The second-order valence-electron chi connectivity index (χ2n) is 6.64. The summed E-state index contributed by atoms with van der Waals surface area (Å²) in [6, 6.07) is 2.03. The summed E-state index contributed by atoms with van der Waals surface area (Å²) < 4.78 is 4.97. The van der Waals surface area contributed by atoms with Gasteiger partial charge in [-0.15, -0.1) is 11.3 Å². The zero-order valence-corrected chi connectivity index (χ0v) is 15.1. The van der Waals surface area contributed by atoms with Crippen LogP contribution in [0.3, 0.4) is 0 Å². The molecule has 5 nitrogen and oxygen atoms in total. The van der Waals surface area contributed by atoms with Crippen LogP contribution in [0.1, 0.15) is 45.8 Å². The third-order valence-electron chi connectivity index (χ3n) is 4.91. The average molecular weight is 350 g/mol. The Morgan fingerprint density at radius 3 is 2.88 bits per heavy atom. The van der Waals surface area contributed by atoms with E-state index in [2.05, 4.69) is 5.32 Å². The lowest BCUT2D eigenvalue weighted by atomic mass is 9.88. The molecule has 1 atom stereocenters. The van der Waals surface area contributed by atoms with Gasteiger partial charge in [0.25, 0.3) is 5.91 Å². The second-order valence-corrected chi connectivity index (χ2v) is 7.77. The van der Waals surface area contributed by atoms with Crippen LogP contribution in [0.15, 0.2) is 6.07 Å². The Morgan fingerprint density at radius 2 is 2.12 bits per heavy atom. The van der Waals surface area contributed by atoms with Gasteiger partial charge >= 0.3 is 0 Å². The van der Waals surface area contributed by atoms with Gasteiger partial charge in [-0.2, -0.15) is 0 Å². The van der Waals surface area contributed by atoms with Crippen LogP contribution in [0, 0.1) is 5.92 Å². The van der Waals surface area contributed by atoms with Crippen LogP contribution < -0.4 is 5.32 Å². The van der Waals surface area contributed by atoms with Crippen molar-refractivity contribution >= 4 is 23.2 Å². The third-order valence-corrected chi connectivity index (χ3v) is 6.14. The fourth-order valence-corrected chi connectivity index (χ4v) is 4.70. The summed E-state index contributed by atoms with van der Waals surface area (Å²) in [6.45, 7) is 2.86. The fourth-order valence-electron chi connectivity index (χ4n) is 3.53. The molecule has 0 radical (unpaired) electrons. The molecule has 1 aliphatic carbocycles. The Kier molecular flexibility index (Phi) is 5.89. The molecule has 1 unspecified atom stereocenters. The molecule has 1 fully saturated rings. The van der Waals surface area contributed by atoms with Gasteiger partial charge in [0.15, 0.2) is 0 Å². The molecule has 1 aromatic rings. The Bertz CT molecular complexity index is 593. The van der Waals surface area contributed by atoms with Gasteiger partial charge in [0.2, 0.25) is 5.91 Å². The molecule has 0 spiro atoms. The van der Waals surface area contributed by atoms with E-state index >= 15 is 0 Å². The van der Waals surface area contributed by atoms with Gasteiger partial charge in [0.05, 0.1) is 11.5 Å². The summed E-state index contributed by atoms with van der Waals surface area (Å²) in [7, 11) is 1.63. The number of likely N-dealkylation sites (tertiary alicyclic amines) is 1. The smallest absolute Gasteiger partial charge is 0.263 e. The Morgan fingerprint density at radius 1 is 1.33 bits per heavy atom. The molecule has 3 rings (SSSR count). The van der Waals surface area contributed by atoms with Crippen molar-refractivity contribution in [2.24, 2.45) is 5.92 Å². The van der Waals surface area contributed by atoms with Gasteiger partial charge in [-0.25, -0.2) is 0 Å². The minimum absolute atomic E-state index is 0.0156. The van der Waals surface area contributed by atoms with E-state index in [0.29, 0.717) is 13.2 Å². The van der Waals surface area contributed by atoms with Crippen molar-refractivity contribution in [1.29, 1.82) is 0 Å². The van der Waals surface area contributed by atoms with Gasteiger partial charge < -0.3 is 15.0 Å². The van der Waals surface area contributed by atoms with Crippen LogP contribution in [0.2, 0.25) is 0 Å². The Labute approximate surface area is 147 Å². The van der Waals surface area contributed by atoms with Gasteiger partial charge in [0.1, 0.15) is 0 Å². The highest BCUT2D eigenvalue weighted by Gasteiger charge is 2.28. The molecular weight excluding hydrogens is 324 g/mol. The molecule has 0 saturated carbocycles. The van der Waals surface area contributed by atoms with Crippen LogP contribution >= 0.6 is 11.3 Å². The zero-order valence-electron chi connectivity index (χ0n) is 14.3. The number of thiophene rings is 1. The molecule has 1 N–H and O–H groups in total. The number of nitrogens with one attached hydrogen (secondary N) is 1. The molecule has 2 aliphatic rings. The first-order chi connectivity index (χ1) is 11.7. The number of fused-ring (bicyclic) bond motifs is 1. The number of carbonyl (C=O) groups excluding carboxylic acids is 2.